The first kappa shape index (κ1) is 21.5. The van der Waals surface area contributed by atoms with E-state index < -0.39 is 6.04 Å². The van der Waals surface area contributed by atoms with Crippen LogP contribution in [0.5, 0.6) is 0 Å². The van der Waals surface area contributed by atoms with Gasteiger partial charge in [-0.25, -0.2) is 0 Å². The minimum atomic E-state index is -0.500. The number of hydrogen-bond donors (Lipinski definition) is 1. The van der Waals surface area contributed by atoms with Gasteiger partial charge in [-0.15, -0.1) is 0 Å². The summed E-state index contributed by atoms with van der Waals surface area (Å²) < 4.78 is 0. The van der Waals surface area contributed by atoms with Crippen molar-refractivity contribution >= 4 is 23.4 Å². The predicted molar refractivity (Wildman–Crippen MR) is 111 cm³/mol. The van der Waals surface area contributed by atoms with Crippen molar-refractivity contribution in [2.24, 2.45) is 0 Å². The summed E-state index contributed by atoms with van der Waals surface area (Å²) in [6.07, 6.45) is 9.22. The van der Waals surface area contributed by atoms with Gasteiger partial charge in [0.05, 0.1) is 0 Å². The monoisotopic (exact) mass is 390 g/mol. The second-order valence-corrected chi connectivity index (χ2v) is 7.66. The third kappa shape index (κ3) is 7.02. The fraction of sp³-hybridized carbons (Fsp3) is 0.545. The van der Waals surface area contributed by atoms with E-state index in [1.807, 2.05) is 31.2 Å². The highest BCUT2D eigenvalue weighted by Crippen LogP contribution is 2.19. The van der Waals surface area contributed by atoms with Crippen molar-refractivity contribution in [3.05, 3.63) is 46.5 Å². The molecule has 0 aliphatic heterocycles. The number of benzene rings is 1. The van der Waals surface area contributed by atoms with Crippen molar-refractivity contribution in [2.75, 3.05) is 6.54 Å². The molecule has 1 aromatic rings. The normalized spacial score (nSPS) is 15.0. The summed E-state index contributed by atoms with van der Waals surface area (Å²) in [5, 5.41) is 3.67. The lowest BCUT2D eigenvalue weighted by molar-refractivity contribution is -0.140. The Morgan fingerprint density at radius 3 is 2.59 bits per heavy atom. The lowest BCUT2D eigenvalue weighted by Crippen LogP contribution is -2.47. The maximum Gasteiger partial charge on any atom is 0.242 e. The number of nitrogens with zero attached hydrogens (tertiary/aromatic N) is 1. The number of amides is 2. The van der Waals surface area contributed by atoms with Crippen LogP contribution >= 0.6 is 11.6 Å². The number of rotatable bonds is 9. The van der Waals surface area contributed by atoms with E-state index in [-0.39, 0.29) is 11.8 Å². The van der Waals surface area contributed by atoms with Gasteiger partial charge in [0, 0.05) is 24.5 Å². The van der Waals surface area contributed by atoms with Crippen LogP contribution in [0.4, 0.5) is 0 Å². The Morgan fingerprint density at radius 1 is 1.22 bits per heavy atom. The SMILES string of the molecule is CCCC(=O)N(Cc1ccc(Cl)cc1)[C@H](C)C(=O)NCCC1=CCCCC1. The second-order valence-electron chi connectivity index (χ2n) is 7.22. The molecule has 0 spiro atoms. The minimum absolute atomic E-state index is 0.00471. The maximum absolute atomic E-state index is 12.6. The number of carbonyl (C=O) groups excluding carboxylic acids is 2. The van der Waals surface area contributed by atoms with Crippen LogP contribution in [0.3, 0.4) is 0 Å². The Morgan fingerprint density at radius 2 is 1.96 bits per heavy atom. The molecule has 2 amide bonds. The lowest BCUT2D eigenvalue weighted by atomic mass is 9.97. The van der Waals surface area contributed by atoms with Gasteiger partial charge in [0.2, 0.25) is 11.8 Å². The van der Waals surface area contributed by atoms with Gasteiger partial charge < -0.3 is 10.2 Å². The molecule has 0 saturated carbocycles. The Labute approximate surface area is 168 Å². The van der Waals surface area contributed by atoms with E-state index in [2.05, 4.69) is 11.4 Å². The second kappa shape index (κ2) is 11.1. The summed E-state index contributed by atoms with van der Waals surface area (Å²) in [6.45, 7) is 4.82. The molecule has 0 saturated heterocycles. The quantitative estimate of drug-likeness (QED) is 0.612. The van der Waals surface area contributed by atoms with Crippen LogP contribution in [-0.2, 0) is 16.1 Å². The van der Waals surface area contributed by atoms with Gasteiger partial charge in [-0.1, -0.05) is 42.3 Å². The van der Waals surface area contributed by atoms with E-state index in [1.165, 1.54) is 18.4 Å². The standard InChI is InChI=1S/C22H31ClN2O2/c1-3-7-21(26)25(16-19-10-12-20(23)13-11-19)17(2)22(27)24-15-14-18-8-5-4-6-9-18/h8,10-13,17H,3-7,9,14-16H2,1-2H3,(H,24,27)/t17-/m1/s1. The molecule has 1 N–H and O–H groups in total. The third-order valence-electron chi connectivity index (χ3n) is 5.03. The first-order chi connectivity index (χ1) is 13.0. The van der Waals surface area contributed by atoms with Gasteiger partial charge in [-0.3, -0.25) is 9.59 Å². The third-order valence-corrected chi connectivity index (χ3v) is 5.28. The van der Waals surface area contributed by atoms with E-state index in [9.17, 15) is 9.59 Å². The Kier molecular flexibility index (Phi) is 8.86. The molecule has 27 heavy (non-hydrogen) atoms. The zero-order valence-electron chi connectivity index (χ0n) is 16.5. The number of allylic oxidation sites excluding steroid dienone is 1. The van der Waals surface area contributed by atoms with Crippen molar-refractivity contribution in [3.8, 4) is 0 Å². The van der Waals surface area contributed by atoms with Gasteiger partial charge >= 0.3 is 0 Å². The summed E-state index contributed by atoms with van der Waals surface area (Å²) >= 11 is 5.95. The predicted octanol–water partition coefficient (Wildman–Crippen LogP) is 4.86. The van der Waals surface area contributed by atoms with Crippen LogP contribution in [0.15, 0.2) is 35.9 Å². The van der Waals surface area contributed by atoms with Crippen LogP contribution in [0.1, 0.15) is 64.4 Å². The molecule has 0 radical (unpaired) electrons. The average Bonchev–Trinajstić information content (AvgIpc) is 2.68. The number of hydrogen-bond acceptors (Lipinski definition) is 2. The average molecular weight is 391 g/mol. The molecular formula is C22H31ClN2O2. The number of nitrogens with one attached hydrogen (secondary N) is 1. The summed E-state index contributed by atoms with van der Waals surface area (Å²) in [7, 11) is 0. The molecule has 1 aromatic carbocycles. The topological polar surface area (TPSA) is 49.4 Å². The van der Waals surface area contributed by atoms with Gasteiger partial charge in [-0.05, 0) is 63.1 Å². The fourth-order valence-electron chi connectivity index (χ4n) is 3.35. The van der Waals surface area contributed by atoms with Gasteiger partial charge in [0.15, 0.2) is 0 Å². The lowest BCUT2D eigenvalue weighted by Gasteiger charge is -2.29. The molecule has 0 unspecified atom stereocenters. The first-order valence-corrected chi connectivity index (χ1v) is 10.4. The summed E-state index contributed by atoms with van der Waals surface area (Å²) in [5.74, 6) is -0.0880. The Bertz CT molecular complexity index is 655. The highest BCUT2D eigenvalue weighted by Gasteiger charge is 2.25. The molecule has 2 rings (SSSR count). The summed E-state index contributed by atoms with van der Waals surface area (Å²) in [5.41, 5.74) is 2.41. The van der Waals surface area contributed by atoms with E-state index in [0.29, 0.717) is 24.5 Å². The minimum Gasteiger partial charge on any atom is -0.354 e. The highest BCUT2D eigenvalue weighted by molar-refractivity contribution is 6.30. The van der Waals surface area contributed by atoms with Gasteiger partial charge in [0.25, 0.3) is 0 Å². The zero-order valence-corrected chi connectivity index (χ0v) is 17.2. The molecule has 4 nitrogen and oxygen atoms in total. The van der Waals surface area contributed by atoms with E-state index >= 15 is 0 Å². The van der Waals surface area contributed by atoms with Crippen LogP contribution in [0, 0.1) is 0 Å². The molecule has 0 heterocycles. The van der Waals surface area contributed by atoms with Crippen LogP contribution in [-0.4, -0.2) is 29.3 Å². The van der Waals surface area contributed by atoms with E-state index in [4.69, 9.17) is 11.6 Å². The largest absolute Gasteiger partial charge is 0.354 e. The van der Waals surface area contributed by atoms with E-state index in [0.717, 1.165) is 31.2 Å². The van der Waals surface area contributed by atoms with Gasteiger partial charge in [0.1, 0.15) is 6.04 Å². The smallest absolute Gasteiger partial charge is 0.242 e. The molecule has 1 aliphatic carbocycles. The van der Waals surface area contributed by atoms with Crippen molar-refractivity contribution in [1.29, 1.82) is 0 Å². The molecule has 0 aromatic heterocycles. The molecule has 1 atom stereocenters. The van der Waals surface area contributed by atoms with Crippen molar-refractivity contribution < 1.29 is 9.59 Å². The number of carbonyl (C=O) groups is 2. The zero-order chi connectivity index (χ0) is 19.6. The molecular weight excluding hydrogens is 360 g/mol. The maximum atomic E-state index is 12.6. The van der Waals surface area contributed by atoms with Crippen molar-refractivity contribution in [3.63, 3.8) is 0 Å². The Balaban J connectivity index is 1.95. The van der Waals surface area contributed by atoms with Crippen LogP contribution in [0.2, 0.25) is 5.02 Å². The summed E-state index contributed by atoms with van der Waals surface area (Å²) in [6, 6.07) is 6.91. The van der Waals surface area contributed by atoms with Crippen molar-refractivity contribution in [1.82, 2.24) is 10.2 Å². The van der Waals surface area contributed by atoms with E-state index in [1.54, 1.807) is 11.8 Å². The van der Waals surface area contributed by atoms with Crippen LogP contribution in [0.25, 0.3) is 0 Å². The Hall–Kier alpha value is -1.81. The molecule has 0 fully saturated rings. The first-order valence-electron chi connectivity index (χ1n) is 10.0. The van der Waals surface area contributed by atoms with Gasteiger partial charge in [-0.2, -0.15) is 0 Å². The number of halogens is 1. The molecule has 5 heteroatoms. The van der Waals surface area contributed by atoms with Crippen molar-refractivity contribution in [2.45, 2.75) is 71.4 Å². The summed E-state index contributed by atoms with van der Waals surface area (Å²) in [4.78, 5) is 26.9. The van der Waals surface area contributed by atoms with Crippen LogP contribution < -0.4 is 5.32 Å². The molecule has 0 bridgehead atoms. The highest BCUT2D eigenvalue weighted by atomic mass is 35.5. The fourth-order valence-corrected chi connectivity index (χ4v) is 3.48. The molecule has 1 aliphatic rings. The molecule has 148 valence electrons.